The van der Waals surface area contributed by atoms with Crippen molar-refractivity contribution in [3.63, 3.8) is 0 Å². The van der Waals surface area contributed by atoms with Crippen molar-refractivity contribution in [2.24, 2.45) is 5.92 Å². The minimum atomic E-state index is -2.06. The molecule has 1 aliphatic heterocycles. The first-order valence-electron chi connectivity index (χ1n) is 13.1. The zero-order valence-electron chi connectivity index (χ0n) is 23.0. The van der Waals surface area contributed by atoms with Gasteiger partial charge in [-0.15, -0.1) is 0 Å². The van der Waals surface area contributed by atoms with Gasteiger partial charge >= 0.3 is 6.09 Å². The van der Waals surface area contributed by atoms with E-state index >= 15 is 0 Å². The molecule has 7 nitrogen and oxygen atoms in total. The fraction of sp³-hybridized carbons (Fsp3) is 0.517. The summed E-state index contributed by atoms with van der Waals surface area (Å²) in [5, 5.41) is 12.7. The predicted molar refractivity (Wildman–Crippen MR) is 149 cm³/mol. The Morgan fingerprint density at radius 2 is 1.76 bits per heavy atom. The lowest BCUT2D eigenvalue weighted by molar-refractivity contribution is 0.0107. The Labute approximate surface area is 222 Å². The predicted octanol–water partition coefficient (Wildman–Crippen LogP) is 6.16. The number of benzene rings is 2. The molecule has 3 rings (SSSR count). The number of ether oxygens (including phenoxy) is 1. The smallest absolute Gasteiger partial charge is 0.407 e. The van der Waals surface area contributed by atoms with Gasteiger partial charge in [0.25, 0.3) is 14.2 Å². The minimum Gasteiger partial charge on any atom is -0.543 e. The van der Waals surface area contributed by atoms with Crippen molar-refractivity contribution < 1.29 is 23.9 Å². The van der Waals surface area contributed by atoms with Crippen molar-refractivity contribution in [3.8, 4) is 5.75 Å². The Hall–Kier alpha value is -2.84. The zero-order valence-corrected chi connectivity index (χ0v) is 24.0. The summed E-state index contributed by atoms with van der Waals surface area (Å²) in [6.07, 6.45) is 0.0673. The number of carbonyl (C=O) groups excluding carboxylic acids is 1. The van der Waals surface area contributed by atoms with Gasteiger partial charge in [0.2, 0.25) is 0 Å². The molecule has 2 N–H and O–H groups in total. The summed E-state index contributed by atoms with van der Waals surface area (Å²) in [6, 6.07) is 16.6. The van der Waals surface area contributed by atoms with E-state index in [1.807, 2.05) is 42.5 Å². The van der Waals surface area contributed by atoms with Crippen LogP contribution in [0.25, 0.3) is 0 Å². The highest BCUT2D eigenvalue weighted by Crippen LogP contribution is 2.44. The van der Waals surface area contributed by atoms with Gasteiger partial charge < -0.3 is 24.5 Å². The topological polar surface area (TPSA) is 88.1 Å². The number of amides is 2. The van der Waals surface area contributed by atoms with Gasteiger partial charge in [0, 0.05) is 18.7 Å². The standard InChI is InChI=1S/C29H42N2O5Si/c1-21(2)29(3,4)37(5,6)36-24-16-14-23(15-17-24)27(32)30-25-19-31(28(33)34)18-10-13-26(25)35-20-22-11-8-7-9-12-22/h7-9,11-12,14-17,21,25-26H,10,13,18-20H2,1-6H3,(H,30,32)(H,33,34)/t25-,26-/m1/s1. The summed E-state index contributed by atoms with van der Waals surface area (Å²) < 4.78 is 12.7. The van der Waals surface area contributed by atoms with Crippen LogP contribution in [0.4, 0.5) is 4.79 Å². The molecule has 0 aliphatic carbocycles. The second-order valence-corrected chi connectivity index (χ2v) is 15.8. The van der Waals surface area contributed by atoms with Crippen molar-refractivity contribution in [2.45, 2.75) is 77.4 Å². The lowest BCUT2D eigenvalue weighted by Crippen LogP contribution is -2.50. The number of rotatable bonds is 9. The fourth-order valence-corrected chi connectivity index (χ4v) is 6.85. The molecule has 0 radical (unpaired) electrons. The molecule has 2 aromatic rings. The molecule has 1 fully saturated rings. The molecule has 2 aromatic carbocycles. The van der Waals surface area contributed by atoms with Crippen molar-refractivity contribution in [2.75, 3.05) is 13.1 Å². The highest BCUT2D eigenvalue weighted by Gasteiger charge is 2.44. The molecule has 0 unspecified atom stereocenters. The lowest BCUT2D eigenvalue weighted by Gasteiger charge is -2.42. The van der Waals surface area contributed by atoms with Gasteiger partial charge in [-0.05, 0) is 66.7 Å². The van der Waals surface area contributed by atoms with Crippen molar-refractivity contribution in [3.05, 3.63) is 65.7 Å². The van der Waals surface area contributed by atoms with Crippen LogP contribution in [0, 0.1) is 5.92 Å². The third-order valence-corrected chi connectivity index (χ3v) is 12.6. The molecule has 2 atom stereocenters. The van der Waals surface area contributed by atoms with Crippen LogP contribution in [0.5, 0.6) is 5.75 Å². The van der Waals surface area contributed by atoms with E-state index in [1.165, 1.54) is 4.90 Å². The van der Waals surface area contributed by atoms with Crippen LogP contribution in [0.2, 0.25) is 18.1 Å². The molecular formula is C29H42N2O5Si. The van der Waals surface area contributed by atoms with Crippen molar-refractivity contribution in [1.82, 2.24) is 10.2 Å². The van der Waals surface area contributed by atoms with Gasteiger partial charge in [-0.2, -0.15) is 0 Å². The van der Waals surface area contributed by atoms with Crippen molar-refractivity contribution >= 4 is 20.3 Å². The Morgan fingerprint density at radius 3 is 2.35 bits per heavy atom. The normalized spacial score (nSPS) is 18.8. The molecule has 0 spiro atoms. The average molecular weight is 527 g/mol. The van der Waals surface area contributed by atoms with Crippen LogP contribution >= 0.6 is 0 Å². The van der Waals surface area contributed by atoms with E-state index in [0.29, 0.717) is 37.5 Å². The molecule has 1 aliphatic rings. The number of nitrogens with one attached hydrogen (secondary N) is 1. The van der Waals surface area contributed by atoms with E-state index in [0.717, 1.165) is 11.3 Å². The lowest BCUT2D eigenvalue weighted by atomic mass is 9.99. The molecule has 0 saturated carbocycles. The van der Waals surface area contributed by atoms with E-state index < -0.39 is 20.5 Å². The second kappa shape index (κ2) is 12.1. The average Bonchev–Trinajstić information content (AvgIpc) is 3.05. The van der Waals surface area contributed by atoms with Gasteiger partial charge in [0.05, 0.1) is 18.8 Å². The fourth-order valence-electron chi connectivity index (χ4n) is 4.47. The summed E-state index contributed by atoms with van der Waals surface area (Å²) in [5.74, 6) is 0.995. The number of likely N-dealkylation sites (tertiary alicyclic amines) is 1. The van der Waals surface area contributed by atoms with E-state index in [9.17, 15) is 14.7 Å². The monoisotopic (exact) mass is 526 g/mol. The minimum absolute atomic E-state index is 0.0767. The third-order valence-electron chi connectivity index (χ3n) is 8.16. The number of hydrogen-bond acceptors (Lipinski definition) is 4. The zero-order chi connectivity index (χ0) is 27.2. The molecule has 0 aromatic heterocycles. The maximum absolute atomic E-state index is 13.2. The van der Waals surface area contributed by atoms with Gasteiger partial charge in [-0.1, -0.05) is 58.0 Å². The number of hydrogen-bond donors (Lipinski definition) is 2. The van der Waals surface area contributed by atoms with E-state index in [2.05, 4.69) is 46.1 Å². The Kier molecular flexibility index (Phi) is 9.42. The maximum atomic E-state index is 13.2. The summed E-state index contributed by atoms with van der Waals surface area (Å²) in [5.41, 5.74) is 1.54. The quantitative estimate of drug-likeness (QED) is 0.382. The first kappa shape index (κ1) is 28.7. The Bertz CT molecular complexity index is 1040. The van der Waals surface area contributed by atoms with E-state index in [-0.39, 0.29) is 23.6 Å². The highest BCUT2D eigenvalue weighted by atomic mass is 28.4. The highest BCUT2D eigenvalue weighted by molar-refractivity contribution is 6.75. The van der Waals surface area contributed by atoms with Crippen LogP contribution in [0.3, 0.4) is 0 Å². The molecule has 0 bridgehead atoms. The van der Waals surface area contributed by atoms with Gasteiger partial charge in [-0.25, -0.2) is 4.79 Å². The summed E-state index contributed by atoms with van der Waals surface area (Å²) in [7, 11) is -2.06. The summed E-state index contributed by atoms with van der Waals surface area (Å²) >= 11 is 0. The molecule has 202 valence electrons. The van der Waals surface area contributed by atoms with Crippen LogP contribution < -0.4 is 9.74 Å². The van der Waals surface area contributed by atoms with E-state index in [4.69, 9.17) is 9.16 Å². The molecule has 37 heavy (non-hydrogen) atoms. The SMILES string of the molecule is CC(C)C(C)(C)[Si](C)(C)Oc1ccc(C(=O)N[C@@H]2CN(C(=O)O)CCC[C@H]2OCc2ccccc2)cc1. The van der Waals surface area contributed by atoms with Crippen LogP contribution in [0.1, 0.15) is 56.5 Å². The van der Waals surface area contributed by atoms with Crippen LogP contribution in [0.15, 0.2) is 54.6 Å². The Morgan fingerprint density at radius 1 is 1.11 bits per heavy atom. The van der Waals surface area contributed by atoms with Crippen LogP contribution in [-0.2, 0) is 11.3 Å². The number of carbonyl (C=O) groups is 2. The summed E-state index contributed by atoms with van der Waals surface area (Å²) in [4.78, 5) is 26.3. The maximum Gasteiger partial charge on any atom is 0.407 e. The number of nitrogens with zero attached hydrogens (tertiary/aromatic N) is 1. The van der Waals surface area contributed by atoms with E-state index in [1.54, 1.807) is 12.1 Å². The largest absolute Gasteiger partial charge is 0.543 e. The molecule has 8 heteroatoms. The Balaban J connectivity index is 1.70. The first-order valence-corrected chi connectivity index (χ1v) is 16.0. The molecule has 1 saturated heterocycles. The van der Waals surface area contributed by atoms with Gasteiger partial charge in [-0.3, -0.25) is 4.79 Å². The first-order chi connectivity index (χ1) is 17.4. The van der Waals surface area contributed by atoms with Crippen LogP contribution in [-0.4, -0.2) is 55.6 Å². The van der Waals surface area contributed by atoms with Gasteiger partial charge in [0.1, 0.15) is 5.75 Å². The molecule has 2 amide bonds. The second-order valence-electron chi connectivity index (χ2n) is 11.3. The molecule has 1 heterocycles. The number of carboxylic acid groups (broad SMARTS) is 1. The van der Waals surface area contributed by atoms with Crippen molar-refractivity contribution in [1.29, 1.82) is 0 Å². The summed E-state index contributed by atoms with van der Waals surface area (Å²) in [6.45, 7) is 14.4. The van der Waals surface area contributed by atoms with Gasteiger partial charge in [0.15, 0.2) is 0 Å². The third kappa shape index (κ3) is 7.35. The molecular weight excluding hydrogens is 484 g/mol.